The van der Waals surface area contributed by atoms with E-state index in [1.807, 2.05) is 13.8 Å². The summed E-state index contributed by atoms with van der Waals surface area (Å²) in [4.78, 5) is 0. The zero-order chi connectivity index (χ0) is 14.6. The zero-order valence-electron chi connectivity index (χ0n) is 10.7. The highest BCUT2D eigenvalue weighted by molar-refractivity contribution is 5.31. The number of halogens is 4. The van der Waals surface area contributed by atoms with E-state index in [2.05, 4.69) is 4.74 Å². The summed E-state index contributed by atoms with van der Waals surface area (Å²) < 4.78 is 53.7. The summed E-state index contributed by atoms with van der Waals surface area (Å²) >= 11 is 0. The highest BCUT2D eigenvalue weighted by Crippen LogP contribution is 2.30. The third kappa shape index (κ3) is 4.09. The van der Waals surface area contributed by atoms with Crippen molar-refractivity contribution in [1.82, 2.24) is 0 Å². The van der Waals surface area contributed by atoms with Crippen LogP contribution in [0, 0.1) is 5.92 Å². The molecule has 2 N–H and O–H groups in total. The molecule has 6 heteroatoms. The van der Waals surface area contributed by atoms with Crippen molar-refractivity contribution in [2.45, 2.75) is 38.8 Å². The third-order valence-electron chi connectivity index (χ3n) is 3.01. The van der Waals surface area contributed by atoms with Gasteiger partial charge in [0, 0.05) is 6.04 Å². The van der Waals surface area contributed by atoms with Gasteiger partial charge in [0.05, 0.1) is 0 Å². The molecule has 0 aliphatic heterocycles. The van der Waals surface area contributed by atoms with E-state index in [0.717, 1.165) is 6.42 Å². The van der Waals surface area contributed by atoms with E-state index in [0.29, 0.717) is 5.56 Å². The van der Waals surface area contributed by atoms with Gasteiger partial charge in [0.15, 0.2) is 0 Å². The van der Waals surface area contributed by atoms with Crippen molar-refractivity contribution in [2.24, 2.45) is 11.7 Å². The Kier molecular flexibility index (Phi) is 5.17. The minimum absolute atomic E-state index is 0.144. The molecule has 1 aromatic carbocycles. The molecule has 0 amide bonds. The smallest absolute Gasteiger partial charge is 0.428 e. The van der Waals surface area contributed by atoms with Crippen molar-refractivity contribution >= 4 is 0 Å². The SMILES string of the molecule is CCC(C)[C@H](N)c1cccc(OC(F)(F)C(F)F)c1. The van der Waals surface area contributed by atoms with Gasteiger partial charge in [-0.2, -0.15) is 17.6 Å². The van der Waals surface area contributed by atoms with Gasteiger partial charge in [0.25, 0.3) is 0 Å². The number of rotatable bonds is 6. The fraction of sp³-hybridized carbons (Fsp3) is 0.538. The molecule has 1 unspecified atom stereocenters. The number of hydrogen-bond acceptors (Lipinski definition) is 2. The van der Waals surface area contributed by atoms with E-state index in [1.165, 1.54) is 18.2 Å². The lowest BCUT2D eigenvalue weighted by Crippen LogP contribution is -2.33. The summed E-state index contributed by atoms with van der Waals surface area (Å²) in [5.74, 6) is -0.174. The second-order valence-corrected chi connectivity index (χ2v) is 4.45. The van der Waals surface area contributed by atoms with Crippen LogP contribution in [0.25, 0.3) is 0 Å². The first-order valence-corrected chi connectivity index (χ1v) is 5.98. The Balaban J connectivity index is 2.89. The fourth-order valence-corrected chi connectivity index (χ4v) is 1.57. The molecule has 0 aromatic heterocycles. The Bertz CT molecular complexity index is 411. The lowest BCUT2D eigenvalue weighted by atomic mass is 9.93. The Hall–Kier alpha value is -1.30. The summed E-state index contributed by atoms with van der Waals surface area (Å²) in [5.41, 5.74) is 6.53. The molecule has 0 radical (unpaired) electrons. The number of ether oxygens (including phenoxy) is 1. The van der Waals surface area contributed by atoms with Gasteiger partial charge >= 0.3 is 12.5 Å². The van der Waals surface area contributed by atoms with Gasteiger partial charge in [-0.3, -0.25) is 0 Å². The van der Waals surface area contributed by atoms with Crippen LogP contribution in [0.2, 0.25) is 0 Å². The van der Waals surface area contributed by atoms with E-state index in [9.17, 15) is 17.6 Å². The molecule has 2 atom stereocenters. The topological polar surface area (TPSA) is 35.2 Å². The Morgan fingerprint density at radius 3 is 2.47 bits per heavy atom. The first-order valence-electron chi connectivity index (χ1n) is 5.98. The molecule has 0 fully saturated rings. The largest absolute Gasteiger partial charge is 0.461 e. The summed E-state index contributed by atoms with van der Waals surface area (Å²) in [7, 11) is 0. The van der Waals surface area contributed by atoms with Crippen molar-refractivity contribution in [3.63, 3.8) is 0 Å². The lowest BCUT2D eigenvalue weighted by molar-refractivity contribution is -0.253. The predicted molar refractivity (Wildman–Crippen MR) is 64.4 cm³/mol. The highest BCUT2D eigenvalue weighted by atomic mass is 19.3. The Labute approximate surface area is 109 Å². The molecule has 0 heterocycles. The molecule has 0 spiro atoms. The van der Waals surface area contributed by atoms with Crippen molar-refractivity contribution < 1.29 is 22.3 Å². The van der Waals surface area contributed by atoms with Crippen molar-refractivity contribution in [2.75, 3.05) is 0 Å². The van der Waals surface area contributed by atoms with Gasteiger partial charge in [0.1, 0.15) is 5.75 Å². The molecule has 19 heavy (non-hydrogen) atoms. The van der Waals surface area contributed by atoms with E-state index >= 15 is 0 Å². The van der Waals surface area contributed by atoms with Crippen LogP contribution >= 0.6 is 0 Å². The molecule has 2 nitrogen and oxygen atoms in total. The van der Waals surface area contributed by atoms with E-state index < -0.39 is 12.5 Å². The summed E-state index contributed by atoms with van der Waals surface area (Å²) in [6.07, 6.45) is -7.56. The number of benzene rings is 1. The summed E-state index contributed by atoms with van der Waals surface area (Å²) in [6, 6.07) is 5.23. The summed E-state index contributed by atoms with van der Waals surface area (Å²) in [5, 5.41) is 0. The normalized spacial score (nSPS) is 15.4. The van der Waals surface area contributed by atoms with Crippen molar-refractivity contribution in [1.29, 1.82) is 0 Å². The molecule has 0 bridgehead atoms. The molecule has 0 saturated heterocycles. The van der Waals surface area contributed by atoms with Gasteiger partial charge in [-0.1, -0.05) is 32.4 Å². The van der Waals surface area contributed by atoms with Gasteiger partial charge in [0.2, 0.25) is 0 Å². The van der Waals surface area contributed by atoms with Crippen LogP contribution in [0.4, 0.5) is 17.6 Å². The Morgan fingerprint density at radius 1 is 1.32 bits per heavy atom. The Morgan fingerprint density at radius 2 is 1.95 bits per heavy atom. The maximum absolute atomic E-state index is 12.8. The molecule has 108 valence electrons. The second-order valence-electron chi connectivity index (χ2n) is 4.45. The highest BCUT2D eigenvalue weighted by Gasteiger charge is 2.44. The monoisotopic (exact) mass is 279 g/mol. The van der Waals surface area contributed by atoms with Crippen LogP contribution in [-0.4, -0.2) is 12.5 Å². The molecule has 1 aromatic rings. The average Bonchev–Trinajstić information content (AvgIpc) is 2.36. The van der Waals surface area contributed by atoms with E-state index in [-0.39, 0.29) is 17.7 Å². The number of hydrogen-bond donors (Lipinski definition) is 1. The minimum atomic E-state index is -4.50. The fourth-order valence-electron chi connectivity index (χ4n) is 1.57. The van der Waals surface area contributed by atoms with E-state index in [1.54, 1.807) is 6.07 Å². The van der Waals surface area contributed by atoms with Crippen LogP contribution in [-0.2, 0) is 0 Å². The van der Waals surface area contributed by atoms with Crippen LogP contribution < -0.4 is 10.5 Å². The quantitative estimate of drug-likeness (QED) is 0.800. The van der Waals surface area contributed by atoms with Crippen LogP contribution in [0.1, 0.15) is 31.9 Å². The number of alkyl halides is 4. The van der Waals surface area contributed by atoms with Gasteiger partial charge in [-0.15, -0.1) is 0 Å². The predicted octanol–water partition coefficient (Wildman–Crippen LogP) is 3.97. The van der Waals surface area contributed by atoms with Crippen molar-refractivity contribution in [3.05, 3.63) is 29.8 Å². The van der Waals surface area contributed by atoms with Gasteiger partial charge < -0.3 is 10.5 Å². The molecule has 0 saturated carbocycles. The van der Waals surface area contributed by atoms with Crippen molar-refractivity contribution in [3.8, 4) is 5.75 Å². The second kappa shape index (κ2) is 6.23. The third-order valence-corrected chi connectivity index (χ3v) is 3.01. The molecule has 1 rings (SSSR count). The minimum Gasteiger partial charge on any atom is -0.428 e. The van der Waals surface area contributed by atoms with Crippen LogP contribution in [0.3, 0.4) is 0 Å². The summed E-state index contributed by atoms with van der Waals surface area (Å²) in [6.45, 7) is 3.88. The maximum Gasteiger partial charge on any atom is 0.461 e. The number of nitrogens with two attached hydrogens (primary N) is 1. The first kappa shape index (κ1) is 15.8. The molecular formula is C13H17F4NO. The molecule has 0 aliphatic rings. The van der Waals surface area contributed by atoms with Crippen LogP contribution in [0.5, 0.6) is 5.75 Å². The first-order chi connectivity index (χ1) is 8.77. The zero-order valence-corrected chi connectivity index (χ0v) is 10.7. The lowest BCUT2D eigenvalue weighted by Gasteiger charge is -2.21. The molecular weight excluding hydrogens is 262 g/mol. The molecule has 0 aliphatic carbocycles. The standard InChI is InChI=1S/C13H17F4NO/c1-3-8(2)11(18)9-5-4-6-10(7-9)19-13(16,17)12(14)15/h4-8,11-12H,3,18H2,1-2H3/t8?,11-/m0/s1. The van der Waals surface area contributed by atoms with Crippen LogP contribution in [0.15, 0.2) is 24.3 Å². The van der Waals surface area contributed by atoms with Gasteiger partial charge in [-0.05, 0) is 23.6 Å². The average molecular weight is 279 g/mol. The maximum atomic E-state index is 12.8. The van der Waals surface area contributed by atoms with E-state index in [4.69, 9.17) is 5.73 Å². The van der Waals surface area contributed by atoms with Gasteiger partial charge in [-0.25, -0.2) is 0 Å².